The summed E-state index contributed by atoms with van der Waals surface area (Å²) >= 11 is 2.33. The molecular weight excluding hydrogens is 458 g/mol. The van der Waals surface area contributed by atoms with E-state index in [1.165, 1.54) is 17.8 Å². The SMILES string of the molecule is O=C(CN1C(=O)S/C(=C\c2cccs2)C1=O)Nc1ccc(-c2nnc3n2CCCCC3)cc1. The van der Waals surface area contributed by atoms with Crippen molar-refractivity contribution in [2.45, 2.75) is 32.2 Å². The number of thioether (sulfide) groups is 1. The second-order valence-electron chi connectivity index (χ2n) is 7.81. The number of nitrogens with zero attached hydrogens (tertiary/aromatic N) is 4. The Morgan fingerprint density at radius 3 is 2.73 bits per heavy atom. The van der Waals surface area contributed by atoms with Gasteiger partial charge in [-0.25, -0.2) is 0 Å². The molecule has 168 valence electrons. The number of nitrogens with one attached hydrogen (secondary N) is 1. The average molecular weight is 480 g/mol. The lowest BCUT2D eigenvalue weighted by molar-refractivity contribution is -0.127. The largest absolute Gasteiger partial charge is 0.325 e. The number of amides is 3. The van der Waals surface area contributed by atoms with Gasteiger partial charge in [0.1, 0.15) is 12.4 Å². The Balaban J connectivity index is 1.23. The number of aryl methyl sites for hydroxylation is 1. The summed E-state index contributed by atoms with van der Waals surface area (Å²) in [7, 11) is 0. The van der Waals surface area contributed by atoms with Gasteiger partial charge in [0.05, 0.1) is 4.91 Å². The van der Waals surface area contributed by atoms with Gasteiger partial charge < -0.3 is 9.88 Å². The topological polar surface area (TPSA) is 97.2 Å². The summed E-state index contributed by atoms with van der Waals surface area (Å²) in [5.74, 6) is 0.973. The highest BCUT2D eigenvalue weighted by Gasteiger charge is 2.36. The molecule has 1 N–H and O–H groups in total. The van der Waals surface area contributed by atoms with Crippen LogP contribution in [-0.2, 0) is 22.6 Å². The fraction of sp³-hybridized carbons (Fsp3) is 0.261. The number of imide groups is 1. The Kier molecular flexibility index (Phi) is 6.10. The number of hydrogen-bond donors (Lipinski definition) is 1. The Bertz CT molecular complexity index is 1230. The van der Waals surface area contributed by atoms with Gasteiger partial charge in [0, 0.05) is 29.1 Å². The van der Waals surface area contributed by atoms with Gasteiger partial charge in [-0.3, -0.25) is 19.3 Å². The van der Waals surface area contributed by atoms with Crippen LogP contribution in [0.25, 0.3) is 17.5 Å². The van der Waals surface area contributed by atoms with Gasteiger partial charge in [0.2, 0.25) is 5.91 Å². The number of carbonyl (C=O) groups excluding carboxylic acids is 3. The molecule has 0 aliphatic carbocycles. The number of benzene rings is 1. The van der Waals surface area contributed by atoms with Gasteiger partial charge in [-0.2, -0.15) is 0 Å². The van der Waals surface area contributed by atoms with Crippen molar-refractivity contribution in [3.8, 4) is 11.4 Å². The normalized spacial score (nSPS) is 17.3. The smallest absolute Gasteiger partial charge is 0.294 e. The third-order valence-corrected chi connectivity index (χ3v) is 7.25. The molecule has 0 radical (unpaired) electrons. The van der Waals surface area contributed by atoms with Crippen molar-refractivity contribution in [3.05, 3.63) is 57.4 Å². The fourth-order valence-electron chi connectivity index (χ4n) is 3.88. The van der Waals surface area contributed by atoms with Crippen molar-refractivity contribution in [1.82, 2.24) is 19.7 Å². The number of hydrogen-bond acceptors (Lipinski definition) is 7. The highest BCUT2D eigenvalue weighted by Crippen LogP contribution is 2.33. The Hall–Kier alpha value is -3.24. The predicted molar refractivity (Wildman–Crippen MR) is 129 cm³/mol. The van der Waals surface area contributed by atoms with Crippen LogP contribution in [0.5, 0.6) is 0 Å². The van der Waals surface area contributed by atoms with Crippen molar-refractivity contribution < 1.29 is 14.4 Å². The highest BCUT2D eigenvalue weighted by molar-refractivity contribution is 8.18. The minimum atomic E-state index is -0.448. The van der Waals surface area contributed by atoms with Gasteiger partial charge in [-0.15, -0.1) is 21.5 Å². The second-order valence-corrected chi connectivity index (χ2v) is 9.78. The van der Waals surface area contributed by atoms with E-state index in [1.54, 1.807) is 18.2 Å². The number of thiophene rings is 1. The molecule has 1 fully saturated rings. The molecule has 0 unspecified atom stereocenters. The van der Waals surface area contributed by atoms with E-state index in [-0.39, 0.29) is 6.54 Å². The van der Waals surface area contributed by atoms with Crippen LogP contribution in [0.3, 0.4) is 0 Å². The number of carbonyl (C=O) groups is 3. The van der Waals surface area contributed by atoms with Crippen LogP contribution >= 0.6 is 23.1 Å². The molecule has 3 aromatic rings. The lowest BCUT2D eigenvalue weighted by atomic mass is 10.2. The second kappa shape index (κ2) is 9.32. The Morgan fingerprint density at radius 1 is 1.09 bits per heavy atom. The zero-order chi connectivity index (χ0) is 22.8. The molecule has 2 aromatic heterocycles. The van der Waals surface area contributed by atoms with Crippen molar-refractivity contribution in [1.29, 1.82) is 0 Å². The first-order chi connectivity index (χ1) is 16.1. The molecule has 2 aliphatic rings. The molecule has 33 heavy (non-hydrogen) atoms. The van der Waals surface area contributed by atoms with Crippen LogP contribution < -0.4 is 5.32 Å². The number of anilines is 1. The minimum Gasteiger partial charge on any atom is -0.325 e. The van der Waals surface area contributed by atoms with Crippen molar-refractivity contribution in [3.63, 3.8) is 0 Å². The predicted octanol–water partition coefficient (Wildman–Crippen LogP) is 4.41. The zero-order valence-corrected chi connectivity index (χ0v) is 19.3. The quantitative estimate of drug-likeness (QED) is 0.545. The molecule has 8 nitrogen and oxygen atoms in total. The molecule has 2 aliphatic heterocycles. The van der Waals surface area contributed by atoms with Crippen LogP contribution in [0.4, 0.5) is 10.5 Å². The van der Waals surface area contributed by atoms with E-state index in [0.717, 1.165) is 64.6 Å². The fourth-order valence-corrected chi connectivity index (χ4v) is 5.45. The van der Waals surface area contributed by atoms with Gasteiger partial charge in [0.15, 0.2) is 5.82 Å². The van der Waals surface area contributed by atoms with E-state index in [2.05, 4.69) is 20.1 Å². The van der Waals surface area contributed by atoms with Crippen LogP contribution in [0.15, 0.2) is 46.7 Å². The first-order valence-corrected chi connectivity index (χ1v) is 12.4. The summed E-state index contributed by atoms with van der Waals surface area (Å²) in [4.78, 5) is 39.5. The summed E-state index contributed by atoms with van der Waals surface area (Å²) < 4.78 is 2.17. The van der Waals surface area contributed by atoms with Crippen LogP contribution in [0, 0.1) is 0 Å². The lowest BCUT2D eigenvalue weighted by Gasteiger charge is -2.13. The van der Waals surface area contributed by atoms with E-state index in [9.17, 15) is 14.4 Å². The number of aromatic nitrogens is 3. The van der Waals surface area contributed by atoms with Crippen molar-refractivity contribution >= 4 is 51.9 Å². The van der Waals surface area contributed by atoms with Gasteiger partial charge in [-0.1, -0.05) is 12.5 Å². The third-order valence-electron chi connectivity index (χ3n) is 5.53. The van der Waals surface area contributed by atoms with Crippen molar-refractivity contribution in [2.75, 3.05) is 11.9 Å². The molecule has 10 heteroatoms. The molecule has 0 bridgehead atoms. The Morgan fingerprint density at radius 2 is 1.94 bits per heavy atom. The number of rotatable bonds is 5. The molecular formula is C23H21N5O3S2. The molecule has 3 amide bonds. The van der Waals surface area contributed by atoms with E-state index in [1.807, 2.05) is 29.6 Å². The third kappa shape index (κ3) is 4.62. The van der Waals surface area contributed by atoms with Crippen LogP contribution in [-0.4, -0.2) is 43.3 Å². The molecule has 0 atom stereocenters. The molecule has 1 saturated heterocycles. The first-order valence-electron chi connectivity index (χ1n) is 10.7. The average Bonchev–Trinajstić information content (AvgIpc) is 3.48. The molecule has 0 saturated carbocycles. The monoisotopic (exact) mass is 479 g/mol. The van der Waals surface area contributed by atoms with Crippen LogP contribution in [0.2, 0.25) is 0 Å². The zero-order valence-electron chi connectivity index (χ0n) is 17.7. The summed E-state index contributed by atoms with van der Waals surface area (Å²) in [5, 5.41) is 12.9. The summed E-state index contributed by atoms with van der Waals surface area (Å²) in [5.41, 5.74) is 1.51. The summed E-state index contributed by atoms with van der Waals surface area (Å²) in [6.07, 6.45) is 6.06. The number of fused-ring (bicyclic) bond motifs is 1. The van der Waals surface area contributed by atoms with Crippen molar-refractivity contribution in [2.24, 2.45) is 0 Å². The molecule has 5 rings (SSSR count). The van der Waals surface area contributed by atoms with Gasteiger partial charge in [-0.05, 0) is 66.4 Å². The van der Waals surface area contributed by atoms with E-state index in [4.69, 9.17) is 0 Å². The highest BCUT2D eigenvalue weighted by atomic mass is 32.2. The maximum absolute atomic E-state index is 12.6. The molecule has 4 heterocycles. The summed E-state index contributed by atoms with van der Waals surface area (Å²) in [6, 6.07) is 11.1. The Labute approximate surface area is 198 Å². The molecule has 1 aromatic carbocycles. The standard InChI is InChI=1S/C23H21N5O3S2/c29-20(14-28-22(30)18(33-23(28)31)13-17-5-4-12-32-17)24-16-9-7-15(8-10-16)21-26-25-19-6-2-1-3-11-27(19)21/h4-5,7-10,12-13H,1-3,6,11,14H2,(H,24,29)/b18-13-. The van der Waals surface area contributed by atoms with E-state index in [0.29, 0.717) is 10.6 Å². The maximum atomic E-state index is 12.6. The first kappa shape index (κ1) is 21.6. The van der Waals surface area contributed by atoms with Gasteiger partial charge in [0.25, 0.3) is 11.1 Å². The van der Waals surface area contributed by atoms with Gasteiger partial charge >= 0.3 is 0 Å². The maximum Gasteiger partial charge on any atom is 0.294 e. The summed E-state index contributed by atoms with van der Waals surface area (Å²) in [6.45, 7) is 0.584. The molecule has 0 spiro atoms. The lowest BCUT2D eigenvalue weighted by Crippen LogP contribution is -2.36. The van der Waals surface area contributed by atoms with Crippen LogP contribution in [0.1, 0.15) is 30.0 Å². The minimum absolute atomic E-state index is 0.326. The van der Waals surface area contributed by atoms with E-state index < -0.39 is 17.1 Å². The van der Waals surface area contributed by atoms with E-state index >= 15 is 0 Å².